The van der Waals surface area contributed by atoms with Crippen molar-refractivity contribution in [2.75, 3.05) is 39.6 Å². The van der Waals surface area contributed by atoms with E-state index in [2.05, 4.69) is 15.0 Å². The van der Waals surface area contributed by atoms with E-state index in [1.165, 1.54) is 0 Å². The topological polar surface area (TPSA) is 122 Å². The lowest BCUT2D eigenvalue weighted by Crippen LogP contribution is -2.07. The first-order chi connectivity index (χ1) is 14.6. The smallest absolute Gasteiger partial charge is 0.392 e. The van der Waals surface area contributed by atoms with Crippen molar-refractivity contribution in [3.8, 4) is 18.0 Å². The van der Waals surface area contributed by atoms with E-state index >= 15 is 0 Å². The van der Waals surface area contributed by atoms with E-state index in [1.54, 1.807) is 0 Å². The lowest BCUT2D eigenvalue weighted by Gasteiger charge is -2.18. The van der Waals surface area contributed by atoms with Crippen molar-refractivity contribution in [1.29, 1.82) is 0 Å². The standard InChI is InChI=1S/C15H30N3O9P3/c1-7-19-28(20-8-2)25-13-16-14(26-29(21-9-3)22-10-4)18-15(17-13)27-30(23-11-5)24-12-6/h7-12H2,1-6H3. The fourth-order valence-electron chi connectivity index (χ4n) is 1.55. The van der Waals surface area contributed by atoms with Crippen molar-refractivity contribution < 1.29 is 40.7 Å². The van der Waals surface area contributed by atoms with Crippen molar-refractivity contribution in [2.45, 2.75) is 41.5 Å². The Kier molecular flexibility index (Phi) is 15.6. The van der Waals surface area contributed by atoms with Gasteiger partial charge >= 0.3 is 43.8 Å². The maximum atomic E-state index is 5.63. The van der Waals surface area contributed by atoms with Crippen LogP contribution in [0.2, 0.25) is 0 Å². The molecule has 0 aliphatic carbocycles. The van der Waals surface area contributed by atoms with Gasteiger partial charge in [0.05, 0.1) is 39.6 Å². The average molecular weight is 489 g/mol. The summed E-state index contributed by atoms with van der Waals surface area (Å²) < 4.78 is 49.5. The molecule has 0 amide bonds. The summed E-state index contributed by atoms with van der Waals surface area (Å²) in [6.07, 6.45) is 0. The highest BCUT2D eigenvalue weighted by Crippen LogP contribution is 2.44. The molecule has 1 aromatic heterocycles. The van der Waals surface area contributed by atoms with Gasteiger partial charge in [0.25, 0.3) is 0 Å². The number of hydrogen-bond donors (Lipinski definition) is 0. The Hall–Kier alpha value is -0.540. The summed E-state index contributed by atoms with van der Waals surface area (Å²) in [5.74, 6) is 0. The van der Waals surface area contributed by atoms with Crippen molar-refractivity contribution in [2.24, 2.45) is 0 Å². The van der Waals surface area contributed by atoms with Gasteiger partial charge in [0.1, 0.15) is 0 Å². The molecule has 0 aliphatic rings. The summed E-state index contributed by atoms with van der Waals surface area (Å²) in [7, 11) is -5.12. The maximum Gasteiger partial charge on any atom is 0.399 e. The second-order valence-electron chi connectivity index (χ2n) is 4.63. The van der Waals surface area contributed by atoms with Gasteiger partial charge in [-0.1, -0.05) is 0 Å². The van der Waals surface area contributed by atoms with Gasteiger partial charge in [-0.2, -0.15) is 0 Å². The summed E-state index contributed by atoms with van der Waals surface area (Å²) in [5, 5.41) is 0. The molecular weight excluding hydrogens is 459 g/mol. The van der Waals surface area contributed by atoms with Crippen LogP contribution < -0.4 is 13.6 Å². The Labute approximate surface area is 181 Å². The predicted molar refractivity (Wildman–Crippen MR) is 112 cm³/mol. The molecule has 0 bridgehead atoms. The number of rotatable bonds is 18. The third kappa shape index (κ3) is 11.2. The molecule has 1 heterocycles. The minimum Gasteiger partial charge on any atom is -0.392 e. The van der Waals surface area contributed by atoms with Crippen molar-refractivity contribution >= 4 is 25.8 Å². The summed E-state index contributed by atoms with van der Waals surface area (Å²) in [6.45, 7) is 13.3. The van der Waals surface area contributed by atoms with Crippen LogP contribution in [0, 0.1) is 0 Å². The summed E-state index contributed by atoms with van der Waals surface area (Å²) in [4.78, 5) is 12.4. The van der Waals surface area contributed by atoms with Crippen LogP contribution in [0.15, 0.2) is 0 Å². The Bertz CT molecular complexity index is 473. The molecule has 0 spiro atoms. The van der Waals surface area contributed by atoms with Crippen LogP contribution in [0.25, 0.3) is 0 Å². The molecule has 0 aliphatic heterocycles. The number of nitrogens with zero attached hydrogens (tertiary/aromatic N) is 3. The lowest BCUT2D eigenvalue weighted by molar-refractivity contribution is 0.206. The second-order valence-corrected chi connectivity index (χ2v) is 8.07. The molecule has 30 heavy (non-hydrogen) atoms. The van der Waals surface area contributed by atoms with E-state index in [0.717, 1.165) is 0 Å². The minimum atomic E-state index is -1.71. The first-order valence-electron chi connectivity index (χ1n) is 9.57. The quantitative estimate of drug-likeness (QED) is 0.261. The van der Waals surface area contributed by atoms with Crippen LogP contribution in [0.5, 0.6) is 18.0 Å². The van der Waals surface area contributed by atoms with Crippen LogP contribution in [0.4, 0.5) is 0 Å². The monoisotopic (exact) mass is 489 g/mol. The molecule has 174 valence electrons. The van der Waals surface area contributed by atoms with Gasteiger partial charge < -0.3 is 40.7 Å². The highest BCUT2D eigenvalue weighted by Gasteiger charge is 2.23. The molecule has 0 aromatic carbocycles. The van der Waals surface area contributed by atoms with Gasteiger partial charge in [-0.25, -0.2) is 0 Å². The molecule has 1 aromatic rings. The van der Waals surface area contributed by atoms with E-state index in [1.807, 2.05) is 41.5 Å². The van der Waals surface area contributed by atoms with Crippen molar-refractivity contribution in [3.05, 3.63) is 0 Å². The van der Waals surface area contributed by atoms with Gasteiger partial charge in [-0.3, -0.25) is 0 Å². The third-order valence-electron chi connectivity index (χ3n) is 2.45. The van der Waals surface area contributed by atoms with Gasteiger partial charge in [0.2, 0.25) is 0 Å². The van der Waals surface area contributed by atoms with E-state index in [9.17, 15) is 0 Å². The zero-order valence-electron chi connectivity index (χ0n) is 18.1. The zero-order valence-corrected chi connectivity index (χ0v) is 20.8. The minimum absolute atomic E-state index is 0.103. The van der Waals surface area contributed by atoms with Crippen LogP contribution in [-0.4, -0.2) is 54.6 Å². The Balaban J connectivity index is 3.11. The van der Waals surface area contributed by atoms with Crippen molar-refractivity contribution in [3.63, 3.8) is 0 Å². The van der Waals surface area contributed by atoms with Crippen molar-refractivity contribution in [1.82, 2.24) is 15.0 Å². The highest BCUT2D eigenvalue weighted by atomic mass is 31.2. The normalized spacial score (nSPS) is 11.5. The third-order valence-corrected chi connectivity index (χ3v) is 6.20. The van der Waals surface area contributed by atoms with Crippen LogP contribution in [0.1, 0.15) is 41.5 Å². The van der Waals surface area contributed by atoms with E-state index < -0.39 is 25.8 Å². The van der Waals surface area contributed by atoms with E-state index in [4.69, 9.17) is 40.7 Å². The molecule has 0 unspecified atom stereocenters. The Morgan fingerprint density at radius 1 is 0.433 bits per heavy atom. The van der Waals surface area contributed by atoms with Crippen LogP contribution in [0.3, 0.4) is 0 Å². The molecule has 0 N–H and O–H groups in total. The second kappa shape index (κ2) is 17.1. The van der Waals surface area contributed by atoms with Gasteiger partial charge in [-0.05, 0) is 41.5 Å². The average Bonchev–Trinajstić information content (AvgIpc) is 2.69. The molecular formula is C15H30N3O9P3. The molecule has 15 heteroatoms. The highest BCUT2D eigenvalue weighted by molar-refractivity contribution is 7.42. The fourth-order valence-corrected chi connectivity index (χ4v) is 4.00. The maximum absolute atomic E-state index is 5.63. The number of aromatic nitrogens is 3. The van der Waals surface area contributed by atoms with E-state index in [0.29, 0.717) is 39.6 Å². The Morgan fingerprint density at radius 2 is 0.633 bits per heavy atom. The summed E-state index contributed by atoms with van der Waals surface area (Å²) in [6, 6.07) is -0.309. The van der Waals surface area contributed by atoms with Gasteiger partial charge in [0.15, 0.2) is 0 Å². The fraction of sp³-hybridized carbons (Fsp3) is 0.800. The molecule has 0 atom stereocenters. The molecule has 0 saturated carbocycles. The molecule has 12 nitrogen and oxygen atoms in total. The molecule has 0 saturated heterocycles. The number of hydrogen-bond acceptors (Lipinski definition) is 12. The molecule has 1 rings (SSSR count). The summed E-state index contributed by atoms with van der Waals surface area (Å²) >= 11 is 0. The zero-order chi connectivity index (χ0) is 22.2. The lowest BCUT2D eigenvalue weighted by atomic mass is 10.9. The van der Waals surface area contributed by atoms with Crippen LogP contribution >= 0.6 is 25.8 Å². The summed E-state index contributed by atoms with van der Waals surface area (Å²) in [5.41, 5.74) is 0. The Morgan fingerprint density at radius 3 is 0.800 bits per heavy atom. The van der Waals surface area contributed by atoms with Gasteiger partial charge in [0, 0.05) is 0 Å². The van der Waals surface area contributed by atoms with Crippen LogP contribution in [-0.2, 0) is 27.1 Å². The molecule has 0 radical (unpaired) electrons. The predicted octanol–water partition coefficient (Wildman–Crippen LogP) is 4.91. The first-order valence-corrected chi connectivity index (χ1v) is 12.9. The SMILES string of the molecule is CCOP(OCC)Oc1nc(OP(OCC)OCC)nc(OP(OCC)OCC)n1. The first kappa shape index (κ1) is 27.5. The molecule has 0 fully saturated rings. The largest absolute Gasteiger partial charge is 0.399 e. The van der Waals surface area contributed by atoms with E-state index in [-0.39, 0.29) is 18.0 Å². The van der Waals surface area contributed by atoms with Gasteiger partial charge in [-0.15, -0.1) is 15.0 Å².